The van der Waals surface area contributed by atoms with Gasteiger partial charge in [0, 0.05) is 18.5 Å². The van der Waals surface area contributed by atoms with Gasteiger partial charge in [-0.15, -0.1) is 11.6 Å². The van der Waals surface area contributed by atoms with E-state index in [1.165, 1.54) is 11.1 Å². The quantitative estimate of drug-likeness (QED) is 0.805. The predicted octanol–water partition coefficient (Wildman–Crippen LogP) is 2.81. The van der Waals surface area contributed by atoms with Gasteiger partial charge in [0.25, 0.3) is 0 Å². The molecule has 1 heterocycles. The third kappa shape index (κ3) is 2.28. The third-order valence-electron chi connectivity index (χ3n) is 4.67. The zero-order valence-electron chi connectivity index (χ0n) is 11.7. The van der Waals surface area contributed by atoms with E-state index in [-0.39, 0.29) is 6.04 Å². The Bertz CT molecular complexity index is 614. The van der Waals surface area contributed by atoms with E-state index in [0.717, 1.165) is 25.7 Å². The molecule has 3 nitrogen and oxygen atoms in total. The molecule has 0 aromatic heterocycles. The lowest BCUT2D eigenvalue weighted by Crippen LogP contribution is -2.38. The number of hydrogen-bond donors (Lipinski definition) is 0. The van der Waals surface area contributed by atoms with Gasteiger partial charge in [-0.05, 0) is 54.9 Å². The highest BCUT2D eigenvalue weighted by atomic mass is 35.5. The maximum atomic E-state index is 12.8. The topological polar surface area (TPSA) is 37.4 Å². The number of hydrogen-bond acceptors (Lipinski definition) is 2. The number of benzene rings is 1. The highest BCUT2D eigenvalue weighted by molar-refractivity contribution is 7.89. The van der Waals surface area contributed by atoms with Crippen LogP contribution in [0.15, 0.2) is 23.1 Å². The predicted molar refractivity (Wildman–Crippen MR) is 80.6 cm³/mol. The van der Waals surface area contributed by atoms with Crippen molar-refractivity contribution in [2.45, 2.75) is 43.5 Å². The number of aryl methyl sites for hydroxylation is 2. The summed E-state index contributed by atoms with van der Waals surface area (Å²) in [6.45, 7) is 2.66. The van der Waals surface area contributed by atoms with Crippen molar-refractivity contribution in [2.75, 3.05) is 12.4 Å². The van der Waals surface area contributed by atoms with Crippen LogP contribution in [-0.4, -0.2) is 31.2 Å². The zero-order chi connectivity index (χ0) is 14.3. The first-order valence-corrected chi connectivity index (χ1v) is 9.21. The molecule has 2 atom stereocenters. The Balaban J connectivity index is 1.96. The number of fused-ring (bicyclic) bond motifs is 1. The van der Waals surface area contributed by atoms with Crippen LogP contribution in [0.4, 0.5) is 0 Å². The van der Waals surface area contributed by atoms with Crippen molar-refractivity contribution in [3.05, 3.63) is 29.3 Å². The first kappa shape index (κ1) is 14.4. The molecule has 0 bridgehead atoms. The molecule has 0 spiro atoms. The molecule has 1 aliphatic carbocycles. The Morgan fingerprint density at radius 2 is 2.05 bits per heavy atom. The minimum Gasteiger partial charge on any atom is -0.207 e. The van der Waals surface area contributed by atoms with Gasteiger partial charge in [-0.2, -0.15) is 4.31 Å². The van der Waals surface area contributed by atoms with Gasteiger partial charge in [-0.3, -0.25) is 0 Å². The second kappa shape index (κ2) is 5.32. The second-order valence-corrected chi connectivity index (χ2v) is 8.09. The van der Waals surface area contributed by atoms with Crippen LogP contribution >= 0.6 is 11.6 Å². The fourth-order valence-electron chi connectivity index (χ4n) is 3.34. The largest absolute Gasteiger partial charge is 0.243 e. The number of sulfonamides is 1. The smallest absolute Gasteiger partial charge is 0.207 e. The minimum absolute atomic E-state index is 0.0741. The van der Waals surface area contributed by atoms with Crippen LogP contribution in [0.3, 0.4) is 0 Å². The molecule has 1 aromatic rings. The van der Waals surface area contributed by atoms with E-state index in [9.17, 15) is 8.42 Å². The highest BCUT2D eigenvalue weighted by Gasteiger charge is 2.39. The van der Waals surface area contributed by atoms with E-state index in [1.807, 2.05) is 12.1 Å². The fourth-order valence-corrected chi connectivity index (χ4v) is 5.68. The Hall–Kier alpha value is -0.580. The SMILES string of the molecule is CC1CCN(S(=O)(=O)c2ccc3c(c2)CCC3)C1CCl. The summed E-state index contributed by atoms with van der Waals surface area (Å²) < 4.78 is 27.2. The molecule has 2 unspecified atom stereocenters. The summed E-state index contributed by atoms with van der Waals surface area (Å²) in [5, 5.41) is 0. The zero-order valence-corrected chi connectivity index (χ0v) is 13.3. The van der Waals surface area contributed by atoms with Crippen molar-refractivity contribution in [2.24, 2.45) is 5.92 Å². The van der Waals surface area contributed by atoms with Gasteiger partial charge >= 0.3 is 0 Å². The van der Waals surface area contributed by atoms with Gasteiger partial charge in [-0.1, -0.05) is 13.0 Å². The van der Waals surface area contributed by atoms with Crippen molar-refractivity contribution >= 4 is 21.6 Å². The fraction of sp³-hybridized carbons (Fsp3) is 0.600. The summed E-state index contributed by atoms with van der Waals surface area (Å²) >= 11 is 5.98. The van der Waals surface area contributed by atoms with Gasteiger partial charge in [-0.25, -0.2) is 8.42 Å². The normalized spacial score (nSPS) is 26.9. The van der Waals surface area contributed by atoms with Crippen molar-refractivity contribution in [1.82, 2.24) is 4.31 Å². The molecular weight excluding hydrogens is 294 g/mol. The van der Waals surface area contributed by atoms with Crippen LogP contribution in [0.2, 0.25) is 0 Å². The molecule has 20 heavy (non-hydrogen) atoms. The molecule has 1 saturated heterocycles. The molecule has 1 aromatic carbocycles. The summed E-state index contributed by atoms with van der Waals surface area (Å²) in [4.78, 5) is 0.433. The van der Waals surface area contributed by atoms with Gasteiger partial charge in [0.1, 0.15) is 0 Å². The maximum absolute atomic E-state index is 12.8. The lowest BCUT2D eigenvalue weighted by atomic mass is 10.1. The van der Waals surface area contributed by atoms with Crippen molar-refractivity contribution in [1.29, 1.82) is 0 Å². The number of nitrogens with zero attached hydrogens (tertiary/aromatic N) is 1. The second-order valence-electron chi connectivity index (χ2n) is 5.89. The van der Waals surface area contributed by atoms with E-state index < -0.39 is 10.0 Å². The number of alkyl halides is 1. The van der Waals surface area contributed by atoms with E-state index in [1.54, 1.807) is 10.4 Å². The Morgan fingerprint density at radius 1 is 1.30 bits per heavy atom. The number of rotatable bonds is 3. The van der Waals surface area contributed by atoms with E-state index in [0.29, 0.717) is 23.2 Å². The average molecular weight is 314 g/mol. The van der Waals surface area contributed by atoms with Crippen molar-refractivity contribution < 1.29 is 8.42 Å². The lowest BCUT2D eigenvalue weighted by Gasteiger charge is -2.24. The van der Waals surface area contributed by atoms with Crippen LogP contribution in [0.5, 0.6) is 0 Å². The van der Waals surface area contributed by atoms with E-state index in [4.69, 9.17) is 11.6 Å². The number of halogens is 1. The Labute approximate surface area is 126 Å². The van der Waals surface area contributed by atoms with Crippen LogP contribution in [0, 0.1) is 5.92 Å². The lowest BCUT2D eigenvalue weighted by molar-refractivity contribution is 0.375. The molecule has 1 aliphatic heterocycles. The molecule has 110 valence electrons. The third-order valence-corrected chi connectivity index (χ3v) is 6.90. The monoisotopic (exact) mass is 313 g/mol. The molecular formula is C15H20ClNO2S. The highest BCUT2D eigenvalue weighted by Crippen LogP contribution is 2.32. The van der Waals surface area contributed by atoms with Crippen LogP contribution in [0.1, 0.15) is 30.9 Å². The van der Waals surface area contributed by atoms with Gasteiger partial charge in [0.05, 0.1) is 4.90 Å². The summed E-state index contributed by atoms with van der Waals surface area (Å²) in [6.07, 6.45) is 4.08. The molecule has 3 rings (SSSR count). The van der Waals surface area contributed by atoms with Gasteiger partial charge in [0.15, 0.2) is 0 Å². The molecule has 1 fully saturated rings. The summed E-state index contributed by atoms with van der Waals surface area (Å²) in [7, 11) is -3.41. The van der Waals surface area contributed by atoms with Crippen molar-refractivity contribution in [3.63, 3.8) is 0 Å². The van der Waals surface area contributed by atoms with Crippen LogP contribution in [-0.2, 0) is 22.9 Å². The summed E-state index contributed by atoms with van der Waals surface area (Å²) in [5.41, 5.74) is 2.49. The van der Waals surface area contributed by atoms with Gasteiger partial charge in [0.2, 0.25) is 10.0 Å². The minimum atomic E-state index is -3.41. The standard InChI is InChI=1S/C15H20ClNO2S/c1-11-7-8-17(15(11)10-16)20(18,19)14-6-5-12-3-2-4-13(12)9-14/h5-6,9,11,15H,2-4,7-8,10H2,1H3. The first-order valence-electron chi connectivity index (χ1n) is 7.23. The van der Waals surface area contributed by atoms with Crippen molar-refractivity contribution in [3.8, 4) is 0 Å². The van der Waals surface area contributed by atoms with E-state index in [2.05, 4.69) is 6.92 Å². The Kier molecular flexibility index (Phi) is 3.82. The maximum Gasteiger partial charge on any atom is 0.243 e. The summed E-state index contributed by atoms with van der Waals surface area (Å²) in [6, 6.07) is 5.53. The van der Waals surface area contributed by atoms with E-state index >= 15 is 0 Å². The molecule has 5 heteroatoms. The molecule has 2 aliphatic rings. The average Bonchev–Trinajstić information content (AvgIpc) is 3.03. The Morgan fingerprint density at radius 3 is 2.80 bits per heavy atom. The van der Waals surface area contributed by atoms with Crippen LogP contribution < -0.4 is 0 Å². The molecule has 0 N–H and O–H groups in total. The molecule has 0 amide bonds. The summed E-state index contributed by atoms with van der Waals surface area (Å²) in [5.74, 6) is 0.697. The van der Waals surface area contributed by atoms with Gasteiger partial charge < -0.3 is 0 Å². The first-order chi connectivity index (χ1) is 9.54. The molecule has 0 radical (unpaired) electrons. The molecule has 0 saturated carbocycles. The van der Waals surface area contributed by atoms with Crippen LogP contribution in [0.25, 0.3) is 0 Å².